The van der Waals surface area contributed by atoms with Gasteiger partial charge in [0.05, 0.1) is 5.69 Å². The Morgan fingerprint density at radius 3 is 2.34 bits per heavy atom. The monoisotopic (exact) mass is 500 g/mol. The van der Waals surface area contributed by atoms with Crippen molar-refractivity contribution in [2.45, 2.75) is 32.7 Å². The molecule has 2 aromatic rings. The summed E-state index contributed by atoms with van der Waals surface area (Å²) in [4.78, 5) is 31.7. The van der Waals surface area contributed by atoms with Gasteiger partial charge in [0.15, 0.2) is 0 Å². The molecule has 172 valence electrons. The number of piperazine rings is 1. The van der Waals surface area contributed by atoms with Crippen LogP contribution in [0.25, 0.3) is 0 Å². The van der Waals surface area contributed by atoms with Crippen LogP contribution < -0.4 is 5.32 Å². The summed E-state index contributed by atoms with van der Waals surface area (Å²) in [5.74, 6) is 0.125. The molecule has 1 aliphatic rings. The Balaban J connectivity index is 1.47. The first-order valence-corrected chi connectivity index (χ1v) is 12.2. The van der Waals surface area contributed by atoms with Crippen molar-refractivity contribution in [3.8, 4) is 0 Å². The summed E-state index contributed by atoms with van der Waals surface area (Å²) in [6.45, 7) is 7.33. The lowest BCUT2D eigenvalue weighted by molar-refractivity contribution is -0.133. The number of hydrogen-bond donors (Lipinski definition) is 1. The molecule has 2 aromatic carbocycles. The summed E-state index contributed by atoms with van der Waals surface area (Å²) in [7, 11) is 0. The lowest BCUT2D eigenvalue weighted by atomic mass is 10.2. The van der Waals surface area contributed by atoms with E-state index in [0.717, 1.165) is 55.7 Å². The van der Waals surface area contributed by atoms with Gasteiger partial charge in [-0.2, -0.15) is 0 Å². The third-order valence-corrected chi connectivity index (χ3v) is 6.45. The number of unbranched alkanes of at least 4 members (excludes halogenated alkanes) is 1. The molecule has 1 fully saturated rings. The first-order valence-electron chi connectivity index (χ1n) is 11.4. The molecule has 0 spiro atoms. The normalized spacial score (nSPS) is 14.2. The first-order chi connectivity index (χ1) is 15.6. The van der Waals surface area contributed by atoms with E-state index in [-0.39, 0.29) is 11.9 Å². The van der Waals surface area contributed by atoms with E-state index in [9.17, 15) is 9.59 Å². The zero-order chi connectivity index (χ0) is 22.8. The smallest absolute Gasteiger partial charge is 0.321 e. The Kier molecular flexibility index (Phi) is 9.56. The number of carbonyl (C=O) groups excluding carboxylic acids is 2. The van der Waals surface area contributed by atoms with E-state index in [1.165, 1.54) is 5.56 Å². The summed E-state index contributed by atoms with van der Waals surface area (Å²) < 4.78 is 0.841. The summed E-state index contributed by atoms with van der Waals surface area (Å²) >= 11 is 3.47. The minimum atomic E-state index is -0.161. The largest absolute Gasteiger partial charge is 0.340 e. The highest BCUT2D eigenvalue weighted by Crippen LogP contribution is 2.21. The minimum Gasteiger partial charge on any atom is -0.340 e. The Hall–Kier alpha value is -2.38. The second kappa shape index (κ2) is 12.6. The fraction of sp³-hybridized carbons (Fsp3) is 0.440. The molecule has 0 bridgehead atoms. The van der Waals surface area contributed by atoms with Crippen LogP contribution in [-0.2, 0) is 11.3 Å². The molecule has 1 heterocycles. The van der Waals surface area contributed by atoms with E-state index >= 15 is 0 Å². The van der Waals surface area contributed by atoms with E-state index < -0.39 is 0 Å². The molecule has 0 aromatic heterocycles. The summed E-state index contributed by atoms with van der Waals surface area (Å²) in [5, 5.41) is 2.96. The topological polar surface area (TPSA) is 55.9 Å². The fourth-order valence-electron chi connectivity index (χ4n) is 3.81. The van der Waals surface area contributed by atoms with Gasteiger partial charge in [0.1, 0.15) is 0 Å². The molecular formula is C25H33BrN4O2. The number of urea groups is 1. The number of carbonyl (C=O) groups is 2. The van der Waals surface area contributed by atoms with Crippen LogP contribution in [0.2, 0.25) is 0 Å². The Labute approximate surface area is 199 Å². The van der Waals surface area contributed by atoms with E-state index in [1.54, 1.807) is 4.90 Å². The zero-order valence-electron chi connectivity index (χ0n) is 18.8. The van der Waals surface area contributed by atoms with Gasteiger partial charge in [-0.3, -0.25) is 9.69 Å². The molecule has 1 saturated heterocycles. The van der Waals surface area contributed by atoms with Crippen LogP contribution in [0, 0.1) is 0 Å². The van der Waals surface area contributed by atoms with Gasteiger partial charge in [-0.1, -0.05) is 55.8 Å². The highest BCUT2D eigenvalue weighted by molar-refractivity contribution is 9.10. The number of amides is 3. The lowest BCUT2D eigenvalue weighted by Crippen LogP contribution is -2.49. The van der Waals surface area contributed by atoms with Crippen molar-refractivity contribution in [1.82, 2.24) is 14.7 Å². The summed E-state index contributed by atoms with van der Waals surface area (Å²) in [6, 6.07) is 17.8. The molecule has 7 heteroatoms. The number of nitrogens with one attached hydrogen (secondary N) is 1. The number of benzene rings is 2. The van der Waals surface area contributed by atoms with E-state index in [4.69, 9.17) is 0 Å². The molecule has 6 nitrogen and oxygen atoms in total. The van der Waals surface area contributed by atoms with Crippen LogP contribution in [0.4, 0.5) is 10.5 Å². The van der Waals surface area contributed by atoms with Crippen LogP contribution in [0.1, 0.15) is 31.7 Å². The van der Waals surface area contributed by atoms with Gasteiger partial charge in [0, 0.05) is 56.7 Å². The van der Waals surface area contributed by atoms with Gasteiger partial charge >= 0.3 is 6.03 Å². The Morgan fingerprint density at radius 2 is 1.66 bits per heavy atom. The molecular weight excluding hydrogens is 468 g/mol. The van der Waals surface area contributed by atoms with Crippen LogP contribution >= 0.6 is 15.9 Å². The number of anilines is 1. The summed E-state index contributed by atoms with van der Waals surface area (Å²) in [6.07, 6.45) is 2.26. The van der Waals surface area contributed by atoms with Gasteiger partial charge in [-0.05, 0) is 40.0 Å². The van der Waals surface area contributed by atoms with Crippen molar-refractivity contribution < 1.29 is 9.59 Å². The molecule has 0 aliphatic carbocycles. The van der Waals surface area contributed by atoms with Crippen molar-refractivity contribution in [3.05, 3.63) is 64.6 Å². The number of rotatable bonds is 9. The zero-order valence-corrected chi connectivity index (χ0v) is 20.4. The SMILES string of the molecule is CCCCN(CCC(=O)N1CCN(Cc2ccccc2)CC1)C(=O)Nc1ccccc1Br. The summed E-state index contributed by atoms with van der Waals surface area (Å²) in [5.41, 5.74) is 2.04. The maximum Gasteiger partial charge on any atom is 0.321 e. The quantitative estimate of drug-likeness (QED) is 0.536. The number of halogens is 1. The number of hydrogen-bond acceptors (Lipinski definition) is 3. The van der Waals surface area contributed by atoms with Crippen LogP contribution in [0.5, 0.6) is 0 Å². The molecule has 0 saturated carbocycles. The maximum absolute atomic E-state index is 12.8. The van der Waals surface area contributed by atoms with Crippen LogP contribution in [-0.4, -0.2) is 65.9 Å². The average molecular weight is 501 g/mol. The highest BCUT2D eigenvalue weighted by atomic mass is 79.9. The van der Waals surface area contributed by atoms with Crippen LogP contribution in [0.3, 0.4) is 0 Å². The molecule has 0 unspecified atom stereocenters. The highest BCUT2D eigenvalue weighted by Gasteiger charge is 2.22. The second-order valence-corrected chi connectivity index (χ2v) is 9.00. The molecule has 3 rings (SSSR count). The molecule has 32 heavy (non-hydrogen) atoms. The first kappa shape index (κ1) is 24.3. The van der Waals surface area contributed by atoms with Gasteiger partial charge in [-0.25, -0.2) is 4.79 Å². The predicted octanol–water partition coefficient (Wildman–Crippen LogP) is 4.82. The third-order valence-electron chi connectivity index (χ3n) is 5.75. The second-order valence-electron chi connectivity index (χ2n) is 8.14. The third kappa shape index (κ3) is 7.35. The van der Waals surface area contributed by atoms with E-state index in [1.807, 2.05) is 35.2 Å². The van der Waals surface area contributed by atoms with E-state index in [0.29, 0.717) is 19.5 Å². The Bertz CT molecular complexity index is 869. The Morgan fingerprint density at radius 1 is 0.969 bits per heavy atom. The lowest BCUT2D eigenvalue weighted by Gasteiger charge is -2.35. The average Bonchev–Trinajstić information content (AvgIpc) is 2.81. The molecule has 1 aliphatic heterocycles. The van der Waals surface area contributed by atoms with Gasteiger partial charge in [0.2, 0.25) is 5.91 Å². The number of para-hydroxylation sites is 1. The molecule has 1 N–H and O–H groups in total. The van der Waals surface area contributed by atoms with Crippen molar-refractivity contribution in [2.75, 3.05) is 44.6 Å². The molecule has 0 atom stereocenters. The maximum atomic E-state index is 12.8. The minimum absolute atomic E-state index is 0.125. The predicted molar refractivity (Wildman–Crippen MR) is 133 cm³/mol. The molecule has 0 radical (unpaired) electrons. The fourth-order valence-corrected chi connectivity index (χ4v) is 4.19. The van der Waals surface area contributed by atoms with Crippen molar-refractivity contribution in [1.29, 1.82) is 0 Å². The van der Waals surface area contributed by atoms with E-state index in [2.05, 4.69) is 57.3 Å². The molecule has 3 amide bonds. The van der Waals surface area contributed by atoms with Gasteiger partial charge in [0.25, 0.3) is 0 Å². The van der Waals surface area contributed by atoms with Crippen molar-refractivity contribution >= 4 is 33.6 Å². The van der Waals surface area contributed by atoms with Crippen molar-refractivity contribution in [3.63, 3.8) is 0 Å². The van der Waals surface area contributed by atoms with Gasteiger partial charge < -0.3 is 15.1 Å². The standard InChI is InChI=1S/C25H33BrN4O2/c1-2-3-14-30(25(32)27-23-12-8-7-11-22(23)26)15-13-24(31)29-18-16-28(17-19-29)20-21-9-5-4-6-10-21/h4-12H,2-3,13-20H2,1H3,(H,27,32). The van der Waals surface area contributed by atoms with Gasteiger partial charge in [-0.15, -0.1) is 0 Å². The van der Waals surface area contributed by atoms with Crippen LogP contribution in [0.15, 0.2) is 59.1 Å². The number of nitrogens with zero attached hydrogens (tertiary/aromatic N) is 3. The van der Waals surface area contributed by atoms with Crippen molar-refractivity contribution in [2.24, 2.45) is 0 Å².